The Bertz CT molecular complexity index is 537. The van der Waals surface area contributed by atoms with Crippen molar-refractivity contribution in [3.8, 4) is 5.75 Å². The van der Waals surface area contributed by atoms with E-state index in [-0.39, 0.29) is 19.0 Å². The molecular formula is C10H14ClF3N2O3S. The van der Waals surface area contributed by atoms with Gasteiger partial charge in [0.25, 0.3) is 0 Å². The second-order valence-corrected chi connectivity index (χ2v) is 5.43. The maximum Gasteiger partial charge on any atom is 0.573 e. The molecule has 3 N–H and O–H groups in total. The van der Waals surface area contributed by atoms with Crippen LogP contribution in [0, 0.1) is 0 Å². The summed E-state index contributed by atoms with van der Waals surface area (Å²) in [5.74, 6) is -0.785. The largest absolute Gasteiger partial charge is 0.573 e. The number of rotatable bonds is 5. The zero-order valence-electron chi connectivity index (χ0n) is 10.3. The molecule has 0 aliphatic heterocycles. The fraction of sp³-hybridized carbons (Fsp3) is 0.400. The molecule has 0 saturated heterocycles. The second-order valence-electron chi connectivity index (χ2n) is 3.75. The second kappa shape index (κ2) is 7.11. The van der Waals surface area contributed by atoms with Crippen molar-refractivity contribution in [2.24, 2.45) is 5.73 Å². The molecule has 20 heavy (non-hydrogen) atoms. The Morgan fingerprint density at radius 3 is 2.40 bits per heavy atom. The van der Waals surface area contributed by atoms with Gasteiger partial charge in [0.2, 0.25) is 10.0 Å². The average Bonchev–Trinajstić information content (AvgIpc) is 2.26. The lowest BCUT2D eigenvalue weighted by Gasteiger charge is -2.16. The summed E-state index contributed by atoms with van der Waals surface area (Å²) in [5.41, 5.74) is 5.26. The highest BCUT2D eigenvalue weighted by atomic mass is 35.5. The molecule has 116 valence electrons. The van der Waals surface area contributed by atoms with Gasteiger partial charge in [0.1, 0.15) is 10.6 Å². The number of para-hydroxylation sites is 1. The third kappa shape index (κ3) is 5.53. The Kier molecular flexibility index (Phi) is 6.75. The molecule has 0 unspecified atom stereocenters. The molecule has 0 amide bonds. The predicted octanol–water partition coefficient (Wildman–Crippen LogP) is 1.63. The molecule has 0 spiro atoms. The average molecular weight is 335 g/mol. The molecule has 0 saturated carbocycles. The van der Waals surface area contributed by atoms with Crippen molar-refractivity contribution in [1.29, 1.82) is 0 Å². The number of alkyl halides is 3. The topological polar surface area (TPSA) is 81.4 Å². The number of halogens is 4. The Morgan fingerprint density at radius 1 is 1.35 bits per heavy atom. The van der Waals surface area contributed by atoms with Crippen LogP contribution in [-0.4, -0.2) is 27.4 Å². The highest BCUT2D eigenvalue weighted by molar-refractivity contribution is 7.89. The standard InChI is InChI=1S/C10H13F3N2O3S.ClH/c1-7(6-14)15-19(16,17)9-5-3-2-4-8(9)18-10(11,12)13;/h2-5,7,15H,6,14H2,1H3;1H/t7-;/m1./s1. The van der Waals surface area contributed by atoms with Gasteiger partial charge in [0.15, 0.2) is 0 Å². The van der Waals surface area contributed by atoms with Gasteiger partial charge in [-0.2, -0.15) is 0 Å². The van der Waals surface area contributed by atoms with E-state index in [2.05, 4.69) is 9.46 Å². The molecule has 5 nitrogen and oxygen atoms in total. The number of hydrogen-bond donors (Lipinski definition) is 2. The van der Waals surface area contributed by atoms with Crippen LogP contribution < -0.4 is 15.2 Å². The van der Waals surface area contributed by atoms with E-state index >= 15 is 0 Å². The van der Waals surface area contributed by atoms with E-state index in [1.54, 1.807) is 0 Å². The molecular weight excluding hydrogens is 321 g/mol. The zero-order valence-corrected chi connectivity index (χ0v) is 12.0. The summed E-state index contributed by atoms with van der Waals surface area (Å²) >= 11 is 0. The summed E-state index contributed by atoms with van der Waals surface area (Å²) in [5, 5.41) is 0. The van der Waals surface area contributed by atoms with Gasteiger partial charge in [0, 0.05) is 12.6 Å². The SMILES string of the molecule is C[C@H](CN)NS(=O)(=O)c1ccccc1OC(F)(F)F.Cl. The molecule has 0 heterocycles. The third-order valence-electron chi connectivity index (χ3n) is 2.07. The normalized spacial score (nSPS) is 13.4. The highest BCUT2D eigenvalue weighted by Crippen LogP contribution is 2.29. The number of ether oxygens (including phenoxy) is 1. The minimum atomic E-state index is -4.97. The summed E-state index contributed by atoms with van der Waals surface area (Å²) in [4.78, 5) is -0.590. The van der Waals surface area contributed by atoms with Crippen molar-refractivity contribution < 1.29 is 26.3 Å². The third-order valence-corrected chi connectivity index (χ3v) is 3.70. The molecule has 1 atom stereocenters. The van der Waals surface area contributed by atoms with Crippen molar-refractivity contribution in [3.05, 3.63) is 24.3 Å². The molecule has 1 aromatic rings. The van der Waals surface area contributed by atoms with Crippen LogP contribution in [0.2, 0.25) is 0 Å². The first-order valence-electron chi connectivity index (χ1n) is 5.23. The fourth-order valence-corrected chi connectivity index (χ4v) is 2.64. The van der Waals surface area contributed by atoms with Crippen molar-refractivity contribution >= 4 is 22.4 Å². The van der Waals surface area contributed by atoms with Gasteiger partial charge in [-0.25, -0.2) is 13.1 Å². The molecule has 10 heteroatoms. The molecule has 0 aliphatic carbocycles. The van der Waals surface area contributed by atoms with Crippen molar-refractivity contribution in [2.45, 2.75) is 24.2 Å². The quantitative estimate of drug-likeness (QED) is 0.857. The number of sulfonamides is 1. The molecule has 0 fully saturated rings. The van der Waals surface area contributed by atoms with Crippen LogP contribution >= 0.6 is 12.4 Å². The van der Waals surface area contributed by atoms with Crippen LogP contribution in [0.25, 0.3) is 0 Å². The minimum absolute atomic E-state index is 0. The van der Waals surface area contributed by atoms with Gasteiger partial charge in [0.05, 0.1) is 0 Å². The summed E-state index contributed by atoms with van der Waals surface area (Å²) in [6.45, 7) is 1.51. The van der Waals surface area contributed by atoms with Crippen LogP contribution in [0.3, 0.4) is 0 Å². The van der Waals surface area contributed by atoms with Crippen molar-refractivity contribution in [1.82, 2.24) is 4.72 Å². The molecule has 1 rings (SSSR count). The van der Waals surface area contributed by atoms with Crippen LogP contribution in [0.15, 0.2) is 29.2 Å². The fourth-order valence-electron chi connectivity index (χ4n) is 1.26. The highest BCUT2D eigenvalue weighted by Gasteiger charge is 2.34. The molecule has 0 aliphatic rings. The Labute approximate surface area is 120 Å². The first-order chi connectivity index (χ1) is 8.65. The summed E-state index contributed by atoms with van der Waals surface area (Å²) in [6.07, 6.45) is -4.97. The van der Waals surface area contributed by atoms with E-state index in [1.165, 1.54) is 19.1 Å². The predicted molar refractivity (Wildman–Crippen MR) is 69.2 cm³/mol. The summed E-state index contributed by atoms with van der Waals surface area (Å²) < 4.78 is 66.2. The van der Waals surface area contributed by atoms with Gasteiger partial charge in [-0.1, -0.05) is 12.1 Å². The summed E-state index contributed by atoms with van der Waals surface area (Å²) in [6, 6.07) is 3.88. The first kappa shape index (κ1) is 19.0. The number of nitrogens with one attached hydrogen (secondary N) is 1. The number of nitrogens with two attached hydrogens (primary N) is 1. The van der Waals surface area contributed by atoms with E-state index in [1.807, 2.05) is 0 Å². The Balaban J connectivity index is 0.00000361. The Morgan fingerprint density at radius 2 is 1.90 bits per heavy atom. The molecule has 1 aromatic carbocycles. The van der Waals surface area contributed by atoms with Gasteiger partial charge < -0.3 is 10.5 Å². The Hall–Kier alpha value is -1.03. The van der Waals surface area contributed by atoms with Gasteiger partial charge >= 0.3 is 6.36 Å². The van der Waals surface area contributed by atoms with Crippen LogP contribution in [-0.2, 0) is 10.0 Å². The first-order valence-corrected chi connectivity index (χ1v) is 6.71. The van der Waals surface area contributed by atoms with Crippen LogP contribution in [0.5, 0.6) is 5.75 Å². The smallest absolute Gasteiger partial charge is 0.404 e. The van der Waals surface area contributed by atoms with Gasteiger partial charge in [-0.15, -0.1) is 25.6 Å². The van der Waals surface area contributed by atoms with Crippen LogP contribution in [0.4, 0.5) is 13.2 Å². The van der Waals surface area contributed by atoms with Crippen LogP contribution in [0.1, 0.15) is 6.92 Å². The lowest BCUT2D eigenvalue weighted by atomic mass is 10.3. The van der Waals surface area contributed by atoms with Gasteiger partial charge in [-0.3, -0.25) is 0 Å². The lowest BCUT2D eigenvalue weighted by Crippen LogP contribution is -2.38. The monoisotopic (exact) mass is 334 g/mol. The lowest BCUT2D eigenvalue weighted by molar-refractivity contribution is -0.275. The molecule has 0 radical (unpaired) electrons. The van der Waals surface area contributed by atoms with Crippen molar-refractivity contribution in [3.63, 3.8) is 0 Å². The number of benzene rings is 1. The molecule has 0 aromatic heterocycles. The zero-order chi connectivity index (χ0) is 14.7. The van der Waals surface area contributed by atoms with E-state index < -0.39 is 33.1 Å². The number of hydrogen-bond acceptors (Lipinski definition) is 4. The minimum Gasteiger partial charge on any atom is -0.404 e. The van der Waals surface area contributed by atoms with E-state index in [9.17, 15) is 21.6 Å². The van der Waals surface area contributed by atoms with E-state index in [0.717, 1.165) is 12.1 Å². The van der Waals surface area contributed by atoms with Gasteiger partial charge in [-0.05, 0) is 19.1 Å². The molecule has 0 bridgehead atoms. The van der Waals surface area contributed by atoms with E-state index in [4.69, 9.17) is 5.73 Å². The maximum atomic E-state index is 12.2. The van der Waals surface area contributed by atoms with Crippen molar-refractivity contribution in [2.75, 3.05) is 6.54 Å². The maximum absolute atomic E-state index is 12.2. The summed E-state index contributed by atoms with van der Waals surface area (Å²) in [7, 11) is -4.13. The van der Waals surface area contributed by atoms with E-state index in [0.29, 0.717) is 0 Å².